The lowest BCUT2D eigenvalue weighted by molar-refractivity contribution is -0.406. The third kappa shape index (κ3) is 3.56. The molecule has 2 nitrogen and oxygen atoms in total. The van der Waals surface area contributed by atoms with Gasteiger partial charge in [-0.15, -0.1) is 10.9 Å². The molecule has 2 aromatic rings. The number of benzene rings is 2. The van der Waals surface area contributed by atoms with E-state index in [0.717, 1.165) is 12.2 Å². The Hall–Kier alpha value is -1.71. The van der Waals surface area contributed by atoms with Crippen LogP contribution >= 0.6 is 23.2 Å². The molecule has 1 aliphatic rings. The predicted molar refractivity (Wildman–Crippen MR) is 115 cm³/mol. The summed E-state index contributed by atoms with van der Waals surface area (Å²) in [5.41, 5.74) is 4.46. The Bertz CT molecular complexity index is 775. The monoisotopic (exact) mass is 386 g/mol. The van der Waals surface area contributed by atoms with Crippen LogP contribution in [0.1, 0.15) is 20.8 Å². The highest BCUT2D eigenvalue weighted by molar-refractivity contribution is 6.95. The lowest BCUT2D eigenvalue weighted by Gasteiger charge is -2.44. The molecule has 0 bridgehead atoms. The molecule has 1 aliphatic heterocycles. The highest BCUT2D eigenvalue weighted by Crippen LogP contribution is 2.20. The molecule has 0 atom stereocenters. The highest BCUT2D eigenvalue weighted by atomic mass is 35.5. The molecule has 0 aromatic heterocycles. The Morgan fingerprint density at radius 1 is 0.923 bits per heavy atom. The summed E-state index contributed by atoms with van der Waals surface area (Å²) in [4.78, 5) is -0.597. The van der Waals surface area contributed by atoms with Crippen LogP contribution in [0.25, 0.3) is 0 Å². The van der Waals surface area contributed by atoms with Crippen LogP contribution in [-0.4, -0.2) is 28.0 Å². The number of nitrogens with zero attached hydrogens (tertiary/aromatic N) is 1. The van der Waals surface area contributed by atoms with Crippen LogP contribution in [0.4, 0.5) is 0 Å². The van der Waals surface area contributed by atoms with Crippen LogP contribution in [0.5, 0.6) is 0 Å². The van der Waals surface area contributed by atoms with Gasteiger partial charge in [0.25, 0.3) is 0 Å². The normalized spacial score (nSPS) is 16.7. The van der Waals surface area contributed by atoms with Crippen LogP contribution in [0.2, 0.25) is 0 Å². The molecule has 0 radical (unpaired) electrons. The van der Waals surface area contributed by atoms with Crippen molar-refractivity contribution in [1.29, 1.82) is 0 Å². The van der Waals surface area contributed by atoms with Crippen molar-refractivity contribution in [3.8, 4) is 0 Å². The fraction of sp³-hybridized carbons (Fsp3) is 0.286. The quantitative estimate of drug-likeness (QED) is 0.612. The van der Waals surface area contributed by atoms with Crippen molar-refractivity contribution >= 4 is 46.3 Å². The second-order valence-electron chi connectivity index (χ2n) is 7.37. The van der Waals surface area contributed by atoms with Crippen molar-refractivity contribution in [3.63, 3.8) is 0 Å². The van der Waals surface area contributed by atoms with E-state index in [-0.39, 0.29) is 0 Å². The standard InChI is InChI=1S/C21H25BCl2N2/c1-16(2)15-26-17(3)14-20(21(23)24)25-22(26,18-10-6-4-7-11-18)19-12-8-5-9-13-19/h4-14,16,21,25H,15H2,1-3H3. The number of allylic oxidation sites excluding steroid dienone is 2. The maximum Gasteiger partial charge on any atom is 0.423 e. The number of halogens is 2. The molecule has 1 N–H and O–H groups in total. The van der Waals surface area contributed by atoms with Crippen molar-refractivity contribution in [3.05, 3.63) is 72.4 Å². The first-order chi connectivity index (χ1) is 12.4. The van der Waals surface area contributed by atoms with E-state index in [1.165, 1.54) is 16.6 Å². The van der Waals surface area contributed by atoms with Crippen molar-refractivity contribution in [1.82, 2.24) is 5.23 Å². The summed E-state index contributed by atoms with van der Waals surface area (Å²) in [5, 5.41) is 3.75. The van der Waals surface area contributed by atoms with Crippen LogP contribution in [-0.2, 0) is 0 Å². The van der Waals surface area contributed by atoms with E-state index >= 15 is 0 Å². The summed E-state index contributed by atoms with van der Waals surface area (Å²) in [7, 11) is 0. The maximum absolute atomic E-state index is 6.29. The third-order valence-electron chi connectivity index (χ3n) is 5.02. The lowest BCUT2D eigenvalue weighted by atomic mass is 9.35. The third-order valence-corrected chi connectivity index (χ3v) is 5.49. The van der Waals surface area contributed by atoms with E-state index in [2.05, 4.69) is 85.1 Å². The highest BCUT2D eigenvalue weighted by Gasteiger charge is 2.46. The van der Waals surface area contributed by atoms with Crippen molar-refractivity contribution in [2.24, 2.45) is 5.92 Å². The minimum Gasteiger partial charge on any atom is -0.491 e. The molecular formula is C21H25BCl2N2. The molecule has 136 valence electrons. The van der Waals surface area contributed by atoms with Gasteiger partial charge in [-0.25, -0.2) is 0 Å². The average molecular weight is 387 g/mol. The second kappa shape index (κ2) is 7.90. The van der Waals surface area contributed by atoms with Crippen LogP contribution in [0.15, 0.2) is 72.4 Å². The van der Waals surface area contributed by atoms with Crippen molar-refractivity contribution < 1.29 is 4.49 Å². The molecule has 0 saturated carbocycles. The van der Waals surface area contributed by atoms with Crippen molar-refractivity contribution in [2.45, 2.75) is 25.6 Å². The van der Waals surface area contributed by atoms with Gasteiger partial charge in [-0.2, -0.15) is 0 Å². The summed E-state index contributed by atoms with van der Waals surface area (Å²) in [6.07, 6.45) is 0.636. The minimum absolute atomic E-state index is 0.512. The summed E-state index contributed by atoms with van der Waals surface area (Å²) in [6, 6.07) is 21.2. The van der Waals surface area contributed by atoms with Gasteiger partial charge in [0.2, 0.25) is 0 Å². The zero-order chi connectivity index (χ0) is 18.7. The molecule has 0 fully saturated rings. The maximum atomic E-state index is 6.29. The number of hydrogen-bond donors (Lipinski definition) is 1. The van der Waals surface area contributed by atoms with Gasteiger partial charge in [-0.05, 0) is 0 Å². The predicted octanol–water partition coefficient (Wildman–Crippen LogP) is 3.66. The van der Waals surface area contributed by atoms with Crippen LogP contribution < -0.4 is 16.2 Å². The molecule has 1 heterocycles. The summed E-state index contributed by atoms with van der Waals surface area (Å²) in [5.74, 6) is 0.512. The molecule has 0 saturated heterocycles. The van der Waals surface area contributed by atoms with E-state index in [4.69, 9.17) is 23.2 Å². The van der Waals surface area contributed by atoms with Gasteiger partial charge in [-0.3, -0.25) is 0 Å². The van der Waals surface area contributed by atoms with Gasteiger partial charge in [0, 0.05) is 24.6 Å². The second-order valence-corrected chi connectivity index (χ2v) is 8.47. The Balaban J connectivity index is 2.32. The fourth-order valence-corrected chi connectivity index (χ4v) is 4.23. The molecule has 0 unspecified atom stereocenters. The molecule has 0 spiro atoms. The van der Waals surface area contributed by atoms with E-state index in [0.29, 0.717) is 5.92 Å². The first kappa shape index (κ1) is 19.1. The Morgan fingerprint density at radius 3 is 1.85 bits per heavy atom. The number of nitrogens with one attached hydrogen (secondary N) is 1. The zero-order valence-corrected chi connectivity index (χ0v) is 17.0. The first-order valence-corrected chi connectivity index (χ1v) is 9.97. The van der Waals surface area contributed by atoms with Gasteiger partial charge >= 0.3 is 6.42 Å². The molecule has 2 aromatic carbocycles. The molecule has 5 heteroatoms. The Morgan fingerprint density at radius 2 is 1.42 bits per heavy atom. The van der Waals surface area contributed by atoms with E-state index < -0.39 is 11.3 Å². The summed E-state index contributed by atoms with van der Waals surface area (Å²) in [6.45, 7) is 7.56. The van der Waals surface area contributed by atoms with Crippen molar-refractivity contribution in [2.75, 3.05) is 6.54 Å². The fourth-order valence-electron chi connectivity index (χ4n) is 3.98. The topological polar surface area (TPSA) is 15.0 Å². The molecule has 26 heavy (non-hydrogen) atoms. The number of rotatable bonds is 5. The smallest absolute Gasteiger partial charge is 0.423 e. The first-order valence-electron chi connectivity index (χ1n) is 9.10. The molecule has 0 amide bonds. The van der Waals surface area contributed by atoms with Gasteiger partial charge < -0.3 is 9.71 Å². The molecule has 3 rings (SSSR count). The van der Waals surface area contributed by atoms with Crippen LogP contribution in [0.3, 0.4) is 0 Å². The zero-order valence-electron chi connectivity index (χ0n) is 15.5. The lowest BCUT2D eigenvalue weighted by Crippen LogP contribution is -2.78. The van der Waals surface area contributed by atoms with Gasteiger partial charge in [0.15, 0.2) is 0 Å². The van der Waals surface area contributed by atoms with E-state index in [9.17, 15) is 0 Å². The van der Waals surface area contributed by atoms with Gasteiger partial charge in [0.05, 0.1) is 6.54 Å². The summed E-state index contributed by atoms with van der Waals surface area (Å²) < 4.78 is 2.48. The van der Waals surface area contributed by atoms with E-state index in [1.54, 1.807) is 0 Å². The SMILES string of the molecule is CC1=[N+](CC(C)C)[B-](c2ccccc2)(c2ccccc2)NC(C(Cl)Cl)=C1. The Kier molecular flexibility index (Phi) is 5.79. The number of alkyl halides is 2. The van der Waals surface area contributed by atoms with E-state index in [1.807, 2.05) is 12.1 Å². The van der Waals surface area contributed by atoms with Gasteiger partial charge in [-0.1, -0.05) is 97.7 Å². The van der Waals surface area contributed by atoms with Gasteiger partial charge in [0.1, 0.15) is 10.5 Å². The summed E-state index contributed by atoms with van der Waals surface area (Å²) >= 11 is 12.6. The van der Waals surface area contributed by atoms with Crippen LogP contribution in [0, 0.1) is 5.92 Å². The molecular weight excluding hydrogens is 362 g/mol. The average Bonchev–Trinajstić information content (AvgIpc) is 2.64. The number of hydrogen-bond acceptors (Lipinski definition) is 1. The largest absolute Gasteiger partial charge is 0.491 e. The Labute approximate surface area is 166 Å². The minimum atomic E-state index is -1.43. The molecule has 0 aliphatic carbocycles.